The normalized spacial score (nSPS) is 17.5. The average Bonchev–Trinajstić information content (AvgIpc) is 3.25. The third-order valence-corrected chi connectivity index (χ3v) is 5.52. The molecule has 3 heterocycles. The molecule has 1 aromatic heterocycles. The maximum atomic E-state index is 12.5. The fraction of sp³-hybridized carbons (Fsp3) is 0.435. The second-order valence-corrected chi connectivity index (χ2v) is 8.18. The molecule has 29 heavy (non-hydrogen) atoms. The van der Waals surface area contributed by atoms with Crippen molar-refractivity contribution < 1.29 is 14.3 Å². The molecule has 6 heteroatoms. The van der Waals surface area contributed by atoms with Crippen LogP contribution in [0, 0.1) is 11.3 Å². The third-order valence-electron chi connectivity index (χ3n) is 5.52. The minimum absolute atomic E-state index is 0.139. The molecule has 1 fully saturated rings. The molecule has 0 atom stereocenters. The molecule has 0 amide bonds. The van der Waals surface area contributed by atoms with Crippen molar-refractivity contribution in [2.45, 2.75) is 45.3 Å². The number of fused-ring (bicyclic) bond motifs is 1. The van der Waals surface area contributed by atoms with Crippen LogP contribution >= 0.6 is 0 Å². The van der Waals surface area contributed by atoms with Crippen molar-refractivity contribution in [3.8, 4) is 11.9 Å². The molecule has 0 spiro atoms. The maximum Gasteiger partial charge on any atom is 0.234 e. The van der Waals surface area contributed by atoms with E-state index in [4.69, 9.17) is 14.5 Å². The highest BCUT2D eigenvalue weighted by Gasteiger charge is 2.34. The van der Waals surface area contributed by atoms with Crippen molar-refractivity contribution in [1.82, 2.24) is 4.98 Å². The van der Waals surface area contributed by atoms with Crippen molar-refractivity contribution in [3.05, 3.63) is 52.6 Å². The van der Waals surface area contributed by atoms with E-state index in [0.29, 0.717) is 24.2 Å². The number of aromatic nitrogens is 1. The minimum atomic E-state index is -0.362. The Morgan fingerprint density at radius 3 is 2.66 bits per heavy atom. The van der Waals surface area contributed by atoms with Crippen molar-refractivity contribution in [2.24, 2.45) is 0 Å². The van der Waals surface area contributed by atoms with Crippen molar-refractivity contribution in [3.63, 3.8) is 0 Å². The summed E-state index contributed by atoms with van der Waals surface area (Å²) in [5.41, 5.74) is 2.55. The van der Waals surface area contributed by atoms with E-state index in [1.54, 1.807) is 12.1 Å². The molecule has 2 aliphatic rings. The minimum Gasteiger partial charge on any atom is -0.468 e. The largest absolute Gasteiger partial charge is 0.468 e. The molecule has 2 aromatic rings. The molecule has 0 N–H and O–H groups in total. The van der Waals surface area contributed by atoms with Gasteiger partial charge in [0.25, 0.3) is 0 Å². The van der Waals surface area contributed by atoms with Gasteiger partial charge >= 0.3 is 0 Å². The first-order valence-electron chi connectivity index (χ1n) is 10.0. The summed E-state index contributed by atoms with van der Waals surface area (Å²) in [4.78, 5) is 19.4. The molecule has 1 saturated heterocycles. The van der Waals surface area contributed by atoms with Crippen LogP contribution in [0.5, 0.6) is 5.88 Å². The summed E-state index contributed by atoms with van der Waals surface area (Å²) in [7, 11) is 0. The predicted octanol–water partition coefficient (Wildman–Crippen LogP) is 3.67. The summed E-state index contributed by atoms with van der Waals surface area (Å²) in [5, 5.41) is 9.87. The van der Waals surface area contributed by atoms with Gasteiger partial charge in [-0.1, -0.05) is 30.3 Å². The molecule has 0 radical (unpaired) electrons. The average molecular weight is 391 g/mol. The highest BCUT2D eigenvalue weighted by molar-refractivity contribution is 5.97. The Bertz CT molecular complexity index is 958. The fourth-order valence-electron chi connectivity index (χ4n) is 3.98. The zero-order valence-corrected chi connectivity index (χ0v) is 16.9. The Hall–Kier alpha value is -2.91. The van der Waals surface area contributed by atoms with Crippen molar-refractivity contribution in [2.75, 3.05) is 24.6 Å². The van der Waals surface area contributed by atoms with Gasteiger partial charge in [0.2, 0.25) is 5.88 Å². The lowest BCUT2D eigenvalue weighted by atomic mass is 9.89. The summed E-state index contributed by atoms with van der Waals surface area (Å²) >= 11 is 0. The summed E-state index contributed by atoms with van der Waals surface area (Å²) in [6, 6.07) is 11.3. The van der Waals surface area contributed by atoms with Gasteiger partial charge in [0.15, 0.2) is 12.4 Å². The highest BCUT2D eigenvalue weighted by atomic mass is 16.5. The number of anilines is 1. The second kappa shape index (κ2) is 7.84. The number of Topliss-reactive ketones (excluding diaryl/α,β-unsaturated/α-hetero) is 1. The van der Waals surface area contributed by atoms with E-state index in [1.165, 1.54) is 0 Å². The van der Waals surface area contributed by atoms with Crippen LogP contribution < -0.4 is 9.64 Å². The number of pyridine rings is 1. The standard InChI is InChI=1S/C23H25N3O3/c1-23(2)12-17-18(13-24)22(28-15-20(27)16-8-4-3-5-9-16)25-21(19(17)14-29-23)26-10-6-7-11-26/h3-5,8-9H,6-7,10-12,14-15H2,1-2H3. The van der Waals surface area contributed by atoms with E-state index in [2.05, 4.69) is 11.0 Å². The van der Waals surface area contributed by atoms with Gasteiger partial charge in [-0.15, -0.1) is 0 Å². The van der Waals surface area contributed by atoms with Crippen LogP contribution in [-0.2, 0) is 17.8 Å². The van der Waals surface area contributed by atoms with Gasteiger partial charge in [0, 0.05) is 30.6 Å². The van der Waals surface area contributed by atoms with Gasteiger partial charge in [-0.25, -0.2) is 0 Å². The Kier molecular flexibility index (Phi) is 5.25. The predicted molar refractivity (Wildman–Crippen MR) is 109 cm³/mol. The van der Waals surface area contributed by atoms with Gasteiger partial charge in [0.1, 0.15) is 17.5 Å². The van der Waals surface area contributed by atoms with Gasteiger partial charge < -0.3 is 14.4 Å². The first-order valence-corrected chi connectivity index (χ1v) is 10.0. The van der Waals surface area contributed by atoms with Crippen LogP contribution in [0.25, 0.3) is 0 Å². The summed E-state index contributed by atoms with van der Waals surface area (Å²) in [6.07, 6.45) is 2.84. The molecular weight excluding hydrogens is 366 g/mol. The number of benzene rings is 1. The molecule has 2 aliphatic heterocycles. The topological polar surface area (TPSA) is 75.5 Å². The van der Waals surface area contributed by atoms with Crippen LogP contribution in [0.15, 0.2) is 30.3 Å². The molecule has 1 aromatic carbocycles. The summed E-state index contributed by atoms with van der Waals surface area (Å²) < 4.78 is 11.8. The van der Waals surface area contributed by atoms with E-state index in [-0.39, 0.29) is 23.9 Å². The lowest BCUT2D eigenvalue weighted by molar-refractivity contribution is -0.0401. The van der Waals surface area contributed by atoms with Gasteiger partial charge in [0.05, 0.1) is 12.2 Å². The van der Waals surface area contributed by atoms with E-state index >= 15 is 0 Å². The van der Waals surface area contributed by atoms with E-state index in [0.717, 1.165) is 42.9 Å². The Labute approximate surface area is 171 Å². The highest BCUT2D eigenvalue weighted by Crippen LogP contribution is 2.39. The smallest absolute Gasteiger partial charge is 0.234 e. The van der Waals surface area contributed by atoms with Crippen LogP contribution in [0.4, 0.5) is 5.82 Å². The Morgan fingerprint density at radius 2 is 1.97 bits per heavy atom. The quantitative estimate of drug-likeness (QED) is 0.724. The first-order chi connectivity index (χ1) is 14.0. The maximum absolute atomic E-state index is 12.5. The SMILES string of the molecule is CC1(C)Cc2c(C#N)c(OCC(=O)c3ccccc3)nc(N3CCCC3)c2CO1. The Morgan fingerprint density at radius 1 is 1.24 bits per heavy atom. The van der Waals surface area contributed by atoms with E-state index in [1.807, 2.05) is 32.0 Å². The molecule has 6 nitrogen and oxygen atoms in total. The van der Waals surface area contributed by atoms with E-state index < -0.39 is 0 Å². The van der Waals surface area contributed by atoms with Crippen LogP contribution in [0.3, 0.4) is 0 Å². The second-order valence-electron chi connectivity index (χ2n) is 8.18. The van der Waals surface area contributed by atoms with Crippen LogP contribution in [0.2, 0.25) is 0 Å². The molecule has 0 unspecified atom stereocenters. The number of ketones is 1. The zero-order valence-electron chi connectivity index (χ0n) is 16.9. The third kappa shape index (κ3) is 3.96. The lowest BCUT2D eigenvalue weighted by Gasteiger charge is -2.35. The van der Waals surface area contributed by atoms with Crippen LogP contribution in [-0.4, -0.2) is 36.1 Å². The fourth-order valence-corrected chi connectivity index (χ4v) is 3.98. The molecule has 150 valence electrons. The number of nitrogens with zero attached hydrogens (tertiary/aromatic N) is 3. The number of hydrogen-bond donors (Lipinski definition) is 0. The van der Waals surface area contributed by atoms with Gasteiger partial charge in [-0.3, -0.25) is 4.79 Å². The number of rotatable bonds is 5. The molecule has 4 rings (SSSR count). The number of ether oxygens (including phenoxy) is 2. The summed E-state index contributed by atoms with van der Waals surface area (Å²) in [5.74, 6) is 0.935. The van der Waals surface area contributed by atoms with Crippen molar-refractivity contribution >= 4 is 11.6 Å². The Balaban J connectivity index is 1.70. The molecule has 0 saturated carbocycles. The number of carbonyl (C=O) groups is 1. The molecule has 0 bridgehead atoms. The number of nitriles is 1. The first kappa shape index (κ1) is 19.4. The van der Waals surface area contributed by atoms with E-state index in [9.17, 15) is 10.1 Å². The molecule has 0 aliphatic carbocycles. The van der Waals surface area contributed by atoms with Crippen LogP contribution in [0.1, 0.15) is 53.7 Å². The van der Waals surface area contributed by atoms with Crippen molar-refractivity contribution in [1.29, 1.82) is 5.26 Å². The molecular formula is C23H25N3O3. The van der Waals surface area contributed by atoms with Gasteiger partial charge in [-0.05, 0) is 32.3 Å². The van der Waals surface area contributed by atoms with Gasteiger partial charge in [-0.2, -0.15) is 10.2 Å². The lowest BCUT2D eigenvalue weighted by Crippen LogP contribution is -2.34. The summed E-state index contributed by atoms with van der Waals surface area (Å²) in [6.45, 7) is 6.18. The number of hydrogen-bond acceptors (Lipinski definition) is 6. The zero-order chi connectivity index (χ0) is 20.4. The number of carbonyl (C=O) groups excluding carboxylic acids is 1. The monoisotopic (exact) mass is 391 g/mol.